The van der Waals surface area contributed by atoms with E-state index in [2.05, 4.69) is 4.72 Å². The molecule has 0 amide bonds. The van der Waals surface area contributed by atoms with E-state index in [1.165, 1.54) is 0 Å². The molecule has 17 heavy (non-hydrogen) atoms. The molecule has 0 aliphatic rings. The van der Waals surface area contributed by atoms with Gasteiger partial charge in [0.2, 0.25) is 10.0 Å². The Bertz CT molecular complexity index is 455. The number of sulfonamides is 1. The molecule has 0 spiro atoms. The fourth-order valence-corrected chi connectivity index (χ4v) is 2.50. The van der Waals surface area contributed by atoms with E-state index in [0.29, 0.717) is 12.1 Å². The number of hydrogen-bond acceptors (Lipinski definition) is 3. The van der Waals surface area contributed by atoms with E-state index in [1.807, 2.05) is 6.92 Å². The standard InChI is InChI=1S/C12H18N2O2S/c1-2-6-11(13)9-10-14-17(15,16)12-7-4-3-5-8-12/h3-5,7-8,13-14H,2,6,9-10H2,1H3. The summed E-state index contributed by atoms with van der Waals surface area (Å²) in [6.07, 6.45) is 2.12. The maximum Gasteiger partial charge on any atom is 0.240 e. The van der Waals surface area contributed by atoms with Crippen molar-refractivity contribution in [1.82, 2.24) is 4.72 Å². The fraction of sp³-hybridized carbons (Fsp3) is 0.417. The average molecular weight is 254 g/mol. The van der Waals surface area contributed by atoms with Gasteiger partial charge in [0.1, 0.15) is 0 Å². The summed E-state index contributed by atoms with van der Waals surface area (Å²) in [6, 6.07) is 8.26. The second kappa shape index (κ2) is 6.51. The molecule has 0 saturated heterocycles. The molecule has 5 heteroatoms. The summed E-state index contributed by atoms with van der Waals surface area (Å²) < 4.78 is 26.1. The minimum absolute atomic E-state index is 0.266. The van der Waals surface area contributed by atoms with Crippen molar-refractivity contribution in [2.75, 3.05) is 6.54 Å². The zero-order chi connectivity index (χ0) is 12.7. The molecule has 1 aromatic rings. The van der Waals surface area contributed by atoms with E-state index in [4.69, 9.17) is 5.41 Å². The molecular formula is C12H18N2O2S. The highest BCUT2D eigenvalue weighted by atomic mass is 32.2. The van der Waals surface area contributed by atoms with E-state index in [-0.39, 0.29) is 11.4 Å². The lowest BCUT2D eigenvalue weighted by atomic mass is 10.2. The highest BCUT2D eigenvalue weighted by molar-refractivity contribution is 7.89. The lowest BCUT2D eigenvalue weighted by Crippen LogP contribution is -2.26. The van der Waals surface area contributed by atoms with Crippen LogP contribution in [0, 0.1) is 5.41 Å². The lowest BCUT2D eigenvalue weighted by Gasteiger charge is -2.06. The van der Waals surface area contributed by atoms with Gasteiger partial charge in [-0.15, -0.1) is 0 Å². The Labute approximate surface area is 103 Å². The van der Waals surface area contributed by atoms with Crippen molar-refractivity contribution in [3.05, 3.63) is 30.3 Å². The van der Waals surface area contributed by atoms with Crippen LogP contribution in [0.4, 0.5) is 0 Å². The maximum atomic E-state index is 11.8. The van der Waals surface area contributed by atoms with Crippen LogP contribution in [0.2, 0.25) is 0 Å². The Morgan fingerprint density at radius 1 is 1.24 bits per heavy atom. The second-order valence-electron chi connectivity index (χ2n) is 3.81. The van der Waals surface area contributed by atoms with Gasteiger partial charge in [-0.2, -0.15) is 0 Å². The highest BCUT2D eigenvalue weighted by Gasteiger charge is 2.12. The molecule has 0 atom stereocenters. The summed E-state index contributed by atoms with van der Waals surface area (Å²) >= 11 is 0. The minimum atomic E-state index is -3.42. The van der Waals surface area contributed by atoms with Gasteiger partial charge in [0.15, 0.2) is 0 Å². The summed E-state index contributed by atoms with van der Waals surface area (Å²) in [5, 5.41) is 7.57. The zero-order valence-electron chi connectivity index (χ0n) is 9.94. The number of benzene rings is 1. The molecule has 0 aliphatic carbocycles. The summed E-state index contributed by atoms with van der Waals surface area (Å²) in [5.74, 6) is 0. The first-order valence-electron chi connectivity index (χ1n) is 5.67. The maximum absolute atomic E-state index is 11.8. The van der Waals surface area contributed by atoms with Crippen LogP contribution in [0.1, 0.15) is 26.2 Å². The third-order valence-electron chi connectivity index (χ3n) is 2.32. The Morgan fingerprint density at radius 3 is 2.47 bits per heavy atom. The predicted octanol–water partition coefficient (Wildman–Crippen LogP) is 2.17. The summed E-state index contributed by atoms with van der Waals surface area (Å²) in [4.78, 5) is 0.266. The van der Waals surface area contributed by atoms with Gasteiger partial charge in [-0.25, -0.2) is 13.1 Å². The summed E-state index contributed by atoms with van der Waals surface area (Å²) in [5.41, 5.74) is 0.586. The molecule has 0 heterocycles. The number of hydrogen-bond donors (Lipinski definition) is 2. The van der Waals surface area contributed by atoms with Crippen LogP contribution < -0.4 is 4.72 Å². The van der Waals surface area contributed by atoms with Gasteiger partial charge in [0, 0.05) is 12.3 Å². The number of nitrogens with one attached hydrogen (secondary N) is 2. The van der Waals surface area contributed by atoms with Crippen molar-refractivity contribution in [3.8, 4) is 0 Å². The summed E-state index contributed by atoms with van der Waals surface area (Å²) in [6.45, 7) is 2.29. The van der Waals surface area contributed by atoms with E-state index >= 15 is 0 Å². The predicted molar refractivity (Wildman–Crippen MR) is 68.9 cm³/mol. The van der Waals surface area contributed by atoms with Crippen LogP contribution in [0.15, 0.2) is 35.2 Å². The van der Waals surface area contributed by atoms with Crippen LogP contribution in [0.3, 0.4) is 0 Å². The molecule has 0 aromatic heterocycles. The van der Waals surface area contributed by atoms with Crippen LogP contribution in [0.5, 0.6) is 0 Å². The van der Waals surface area contributed by atoms with Crippen LogP contribution in [-0.4, -0.2) is 20.7 Å². The van der Waals surface area contributed by atoms with E-state index in [1.54, 1.807) is 30.3 Å². The molecule has 0 aliphatic heterocycles. The van der Waals surface area contributed by atoms with Gasteiger partial charge in [0.25, 0.3) is 0 Å². The molecule has 1 rings (SSSR count). The molecule has 0 radical (unpaired) electrons. The quantitative estimate of drug-likeness (QED) is 0.732. The Balaban J connectivity index is 2.49. The van der Waals surface area contributed by atoms with Crippen molar-refractivity contribution in [2.45, 2.75) is 31.1 Å². The molecule has 0 saturated carbocycles. The van der Waals surface area contributed by atoms with Crippen molar-refractivity contribution in [3.63, 3.8) is 0 Å². The van der Waals surface area contributed by atoms with Crippen molar-refractivity contribution < 1.29 is 8.42 Å². The fourth-order valence-electron chi connectivity index (χ4n) is 1.45. The highest BCUT2D eigenvalue weighted by Crippen LogP contribution is 2.06. The van der Waals surface area contributed by atoms with Gasteiger partial charge in [0.05, 0.1) is 4.90 Å². The van der Waals surface area contributed by atoms with Gasteiger partial charge >= 0.3 is 0 Å². The van der Waals surface area contributed by atoms with E-state index in [9.17, 15) is 8.42 Å². The normalized spacial score (nSPS) is 11.4. The van der Waals surface area contributed by atoms with Gasteiger partial charge in [-0.05, 0) is 25.0 Å². The molecular weight excluding hydrogens is 236 g/mol. The van der Waals surface area contributed by atoms with Crippen LogP contribution in [0.25, 0.3) is 0 Å². The van der Waals surface area contributed by atoms with Crippen molar-refractivity contribution in [1.29, 1.82) is 5.41 Å². The minimum Gasteiger partial charge on any atom is -0.310 e. The van der Waals surface area contributed by atoms with Gasteiger partial charge in [-0.3, -0.25) is 0 Å². The Kier molecular flexibility index (Phi) is 5.31. The monoisotopic (exact) mass is 254 g/mol. The van der Waals surface area contributed by atoms with Crippen molar-refractivity contribution in [2.24, 2.45) is 0 Å². The largest absolute Gasteiger partial charge is 0.310 e. The summed E-state index contributed by atoms with van der Waals surface area (Å²) in [7, 11) is -3.42. The first-order chi connectivity index (χ1) is 8.06. The molecule has 94 valence electrons. The van der Waals surface area contributed by atoms with Crippen LogP contribution in [-0.2, 0) is 10.0 Å². The first-order valence-corrected chi connectivity index (χ1v) is 7.15. The van der Waals surface area contributed by atoms with E-state index < -0.39 is 10.0 Å². The third kappa shape index (κ3) is 4.66. The first kappa shape index (κ1) is 13.9. The molecule has 0 fully saturated rings. The lowest BCUT2D eigenvalue weighted by molar-refractivity contribution is 0.582. The smallest absolute Gasteiger partial charge is 0.240 e. The van der Waals surface area contributed by atoms with Crippen molar-refractivity contribution >= 4 is 15.7 Å². The molecule has 0 bridgehead atoms. The number of rotatable bonds is 7. The zero-order valence-corrected chi connectivity index (χ0v) is 10.8. The van der Waals surface area contributed by atoms with Gasteiger partial charge < -0.3 is 5.41 Å². The molecule has 0 unspecified atom stereocenters. The van der Waals surface area contributed by atoms with Crippen LogP contribution >= 0.6 is 0 Å². The topological polar surface area (TPSA) is 70.0 Å². The second-order valence-corrected chi connectivity index (χ2v) is 5.58. The molecule has 1 aromatic carbocycles. The molecule has 4 nitrogen and oxygen atoms in total. The Morgan fingerprint density at radius 2 is 1.88 bits per heavy atom. The third-order valence-corrected chi connectivity index (χ3v) is 3.80. The average Bonchev–Trinajstić information content (AvgIpc) is 2.30. The SMILES string of the molecule is CCCC(=N)CCNS(=O)(=O)c1ccccc1. The van der Waals surface area contributed by atoms with Gasteiger partial charge in [-0.1, -0.05) is 31.5 Å². The van der Waals surface area contributed by atoms with E-state index in [0.717, 1.165) is 12.8 Å². The Hall–Kier alpha value is -1.20. The molecule has 2 N–H and O–H groups in total.